The van der Waals surface area contributed by atoms with Gasteiger partial charge in [0.05, 0.1) is 27.7 Å². The van der Waals surface area contributed by atoms with Crippen LogP contribution in [0.5, 0.6) is 0 Å². The number of phosphoric acid groups is 1. The van der Waals surface area contributed by atoms with Gasteiger partial charge in [0.15, 0.2) is 6.10 Å². The van der Waals surface area contributed by atoms with Gasteiger partial charge in [-0.25, -0.2) is 4.57 Å². The van der Waals surface area contributed by atoms with Gasteiger partial charge in [0.25, 0.3) is 0 Å². The van der Waals surface area contributed by atoms with Gasteiger partial charge in [-0.2, -0.15) is 0 Å². The van der Waals surface area contributed by atoms with Gasteiger partial charge in [0.1, 0.15) is 19.8 Å². The van der Waals surface area contributed by atoms with Crippen LogP contribution in [0.1, 0.15) is 271 Å². The topological polar surface area (TPSA) is 108 Å². The van der Waals surface area contributed by atoms with Gasteiger partial charge in [-0.05, 0) is 103 Å². The molecule has 2 atom stereocenters. The van der Waals surface area contributed by atoms with Crippen LogP contribution >= 0.6 is 7.82 Å². The Bertz CT molecular complexity index is 1720. The Hall–Kier alpha value is -3.33. The van der Waals surface area contributed by atoms with Gasteiger partial charge in [0.2, 0.25) is 0 Å². The normalized spacial score (nSPS) is 13.9. The lowest BCUT2D eigenvalue weighted by Gasteiger charge is -2.24. The van der Waals surface area contributed by atoms with Crippen LogP contribution in [-0.4, -0.2) is 74.9 Å². The molecule has 0 saturated carbocycles. The highest BCUT2D eigenvalue weighted by atomic mass is 31.2. The second-order valence-electron chi connectivity index (χ2n) is 22.8. The molecular weight excluding hydrogens is 1010 g/mol. The summed E-state index contributed by atoms with van der Waals surface area (Å²) in [5, 5.41) is 0. The first-order valence-electron chi connectivity index (χ1n) is 32.6. The predicted octanol–water partition coefficient (Wildman–Crippen LogP) is 20.9. The Morgan fingerprint density at radius 1 is 0.400 bits per heavy atom. The molecule has 1 N–H and O–H groups in total. The van der Waals surface area contributed by atoms with Crippen LogP contribution in [-0.2, 0) is 32.7 Å². The molecule has 0 aliphatic carbocycles. The minimum atomic E-state index is -4.40. The molecule has 10 heteroatoms. The average Bonchev–Trinajstić information content (AvgIpc) is 3.42. The summed E-state index contributed by atoms with van der Waals surface area (Å²) in [6.07, 6.45) is 84.5. The van der Waals surface area contributed by atoms with Crippen molar-refractivity contribution >= 4 is 19.8 Å². The minimum Gasteiger partial charge on any atom is -0.462 e. The maximum absolute atomic E-state index is 12.9. The Morgan fingerprint density at radius 2 is 0.713 bits per heavy atom. The van der Waals surface area contributed by atoms with E-state index in [1.54, 1.807) is 0 Å². The van der Waals surface area contributed by atoms with Crippen LogP contribution in [0.4, 0.5) is 0 Å². The molecule has 0 aliphatic rings. The summed E-state index contributed by atoms with van der Waals surface area (Å²) in [6, 6.07) is 0. The molecule has 0 aromatic rings. The molecule has 0 aliphatic heterocycles. The molecular formula is C70H123NO8P+. The zero-order valence-corrected chi connectivity index (χ0v) is 53.2. The number of allylic oxidation sites excluding steroid dienone is 18. The van der Waals surface area contributed by atoms with E-state index in [1.165, 1.54) is 148 Å². The first-order valence-corrected chi connectivity index (χ1v) is 34.1. The Kier molecular flexibility index (Phi) is 57.8. The number of hydrogen-bond donors (Lipinski definition) is 1. The second-order valence-corrected chi connectivity index (χ2v) is 24.2. The van der Waals surface area contributed by atoms with Crippen LogP contribution in [0, 0.1) is 0 Å². The number of carbonyl (C=O) groups excluding carboxylic acids is 2. The number of phosphoric ester groups is 1. The summed E-state index contributed by atoms with van der Waals surface area (Å²) < 4.78 is 34.7. The fourth-order valence-corrected chi connectivity index (χ4v) is 9.53. The summed E-state index contributed by atoms with van der Waals surface area (Å²) >= 11 is 0. The molecule has 460 valence electrons. The molecule has 80 heavy (non-hydrogen) atoms. The van der Waals surface area contributed by atoms with E-state index in [0.717, 1.165) is 89.9 Å². The fraction of sp³-hybridized carbons (Fsp3) is 0.714. The van der Waals surface area contributed by atoms with Crippen molar-refractivity contribution in [2.24, 2.45) is 0 Å². The van der Waals surface area contributed by atoms with E-state index in [0.29, 0.717) is 17.4 Å². The van der Waals surface area contributed by atoms with Gasteiger partial charge in [0, 0.05) is 12.8 Å². The van der Waals surface area contributed by atoms with Crippen molar-refractivity contribution in [3.05, 3.63) is 109 Å². The third kappa shape index (κ3) is 63.8. The molecule has 0 aromatic carbocycles. The van der Waals surface area contributed by atoms with Crippen molar-refractivity contribution in [3.8, 4) is 0 Å². The predicted molar refractivity (Wildman–Crippen MR) is 344 cm³/mol. The zero-order valence-electron chi connectivity index (χ0n) is 52.3. The lowest BCUT2D eigenvalue weighted by Crippen LogP contribution is -2.37. The largest absolute Gasteiger partial charge is 0.472 e. The lowest BCUT2D eigenvalue weighted by molar-refractivity contribution is -0.870. The Labute approximate surface area is 493 Å². The van der Waals surface area contributed by atoms with E-state index in [1.807, 2.05) is 21.1 Å². The van der Waals surface area contributed by atoms with E-state index in [2.05, 4.69) is 123 Å². The highest BCUT2D eigenvalue weighted by Gasteiger charge is 2.27. The summed E-state index contributed by atoms with van der Waals surface area (Å²) in [6.45, 7) is 4.31. The third-order valence-electron chi connectivity index (χ3n) is 13.8. The number of likely N-dealkylation sites (N-methyl/N-ethyl adjacent to an activating group) is 1. The average molecular weight is 1140 g/mol. The van der Waals surface area contributed by atoms with Gasteiger partial charge in [-0.3, -0.25) is 18.6 Å². The summed E-state index contributed by atoms with van der Waals surface area (Å²) in [4.78, 5) is 35.8. The molecule has 2 unspecified atom stereocenters. The zero-order chi connectivity index (χ0) is 58.4. The van der Waals surface area contributed by atoms with Gasteiger partial charge in [-0.15, -0.1) is 0 Å². The highest BCUT2D eigenvalue weighted by Crippen LogP contribution is 2.43. The SMILES string of the molecule is CC/C=C\C/C=C\C/C=C\C/C=C\C/C=C\C/C=C\CCCCCCCCCCCCCCC(=O)OC(COC(=O)CCCCCCCCCCCC/C=C\C/C=C\C/C=C\CCCCCCC)COP(=O)(O)OCC[N+](C)(C)C. The molecule has 0 spiro atoms. The fourth-order valence-electron chi connectivity index (χ4n) is 8.79. The molecule has 0 amide bonds. The van der Waals surface area contributed by atoms with E-state index in [4.69, 9.17) is 18.5 Å². The quantitative estimate of drug-likeness (QED) is 0.0211. The maximum Gasteiger partial charge on any atom is 0.472 e. The Morgan fingerprint density at radius 3 is 1.06 bits per heavy atom. The van der Waals surface area contributed by atoms with Gasteiger partial charge >= 0.3 is 19.8 Å². The number of unbranched alkanes of at least 4 members (excludes halogenated alkanes) is 27. The third-order valence-corrected chi connectivity index (χ3v) is 14.8. The molecule has 0 bridgehead atoms. The highest BCUT2D eigenvalue weighted by molar-refractivity contribution is 7.47. The first-order chi connectivity index (χ1) is 39.0. The number of rotatable bonds is 59. The summed E-state index contributed by atoms with van der Waals surface area (Å²) in [7, 11) is 1.47. The van der Waals surface area contributed by atoms with Crippen molar-refractivity contribution in [1.82, 2.24) is 0 Å². The van der Waals surface area contributed by atoms with Crippen LogP contribution in [0.3, 0.4) is 0 Å². The molecule has 0 aromatic heterocycles. The number of hydrogen-bond acceptors (Lipinski definition) is 7. The molecule has 0 radical (unpaired) electrons. The second kappa shape index (κ2) is 60.3. The first kappa shape index (κ1) is 76.7. The van der Waals surface area contributed by atoms with E-state index >= 15 is 0 Å². The lowest BCUT2D eigenvalue weighted by atomic mass is 10.0. The molecule has 0 saturated heterocycles. The molecule has 0 rings (SSSR count). The van der Waals surface area contributed by atoms with Crippen LogP contribution in [0.2, 0.25) is 0 Å². The molecule has 0 fully saturated rings. The van der Waals surface area contributed by atoms with Crippen LogP contribution in [0.15, 0.2) is 109 Å². The van der Waals surface area contributed by atoms with Crippen molar-refractivity contribution < 1.29 is 42.1 Å². The smallest absolute Gasteiger partial charge is 0.462 e. The number of nitrogens with zero attached hydrogens (tertiary/aromatic N) is 1. The molecule has 0 heterocycles. The summed E-state index contributed by atoms with van der Waals surface area (Å²) in [5.74, 6) is -0.803. The van der Waals surface area contributed by atoms with Gasteiger partial charge in [-0.1, -0.05) is 264 Å². The standard InChI is InChI=1S/C70H122NO8P/c1-6-8-10-12-14-16-18-20-22-24-26-28-30-32-33-34-35-36-37-39-41-43-45-47-49-51-53-55-57-59-61-63-70(73)79-68(67-78-80(74,75)77-65-64-71(3,4)5)66-76-69(72)62-60-58-56-54-52-50-48-46-44-42-40-38-31-29-27-25-23-21-19-17-15-13-11-9-7-2/h8,10,14,16,19-22,25-28,31-33,35-36,38,68H,6-7,9,11-13,15,17-18,23-24,29-30,34,37,39-67H2,1-5H3/p+1/b10-8-,16-14-,21-19-,22-20-,27-25-,28-26-,33-32-,36-35-,38-31-. The minimum absolute atomic E-state index is 0.0262. The van der Waals surface area contributed by atoms with E-state index in [9.17, 15) is 19.0 Å². The monoisotopic (exact) mass is 1140 g/mol. The van der Waals surface area contributed by atoms with Crippen LogP contribution in [0.25, 0.3) is 0 Å². The van der Waals surface area contributed by atoms with E-state index in [-0.39, 0.29) is 32.0 Å². The van der Waals surface area contributed by atoms with Crippen molar-refractivity contribution in [2.75, 3.05) is 47.5 Å². The van der Waals surface area contributed by atoms with Crippen molar-refractivity contribution in [3.63, 3.8) is 0 Å². The number of carbonyl (C=O) groups is 2. The van der Waals surface area contributed by atoms with Gasteiger partial charge < -0.3 is 18.9 Å². The van der Waals surface area contributed by atoms with Crippen molar-refractivity contribution in [1.29, 1.82) is 0 Å². The van der Waals surface area contributed by atoms with E-state index < -0.39 is 26.5 Å². The summed E-state index contributed by atoms with van der Waals surface area (Å²) in [5.41, 5.74) is 0. The number of ether oxygens (including phenoxy) is 2. The Balaban J connectivity index is 4.13. The maximum atomic E-state index is 12.9. The van der Waals surface area contributed by atoms with Crippen molar-refractivity contribution in [2.45, 2.75) is 277 Å². The molecule has 9 nitrogen and oxygen atoms in total. The number of quaternary nitrogens is 1. The van der Waals surface area contributed by atoms with Crippen LogP contribution < -0.4 is 0 Å². The number of esters is 2.